The van der Waals surface area contributed by atoms with Crippen LogP contribution in [0.3, 0.4) is 0 Å². The molecule has 0 saturated carbocycles. The van der Waals surface area contributed by atoms with Crippen LogP contribution in [0, 0.1) is 5.82 Å². The normalized spacial score (nSPS) is 21.4. The SMILES string of the molecule is Nc1ccc(Br)c(F)c1C1CCCO1. The van der Waals surface area contributed by atoms with E-state index in [1.165, 1.54) is 0 Å². The Balaban J connectivity index is 2.44. The van der Waals surface area contributed by atoms with Crippen molar-refractivity contribution in [3.63, 3.8) is 0 Å². The zero-order valence-electron chi connectivity index (χ0n) is 7.59. The molecule has 0 radical (unpaired) electrons. The molecule has 2 N–H and O–H groups in total. The first-order valence-electron chi connectivity index (χ1n) is 4.55. The summed E-state index contributed by atoms with van der Waals surface area (Å²) >= 11 is 3.14. The van der Waals surface area contributed by atoms with Crippen molar-refractivity contribution in [2.24, 2.45) is 0 Å². The Morgan fingerprint density at radius 3 is 2.93 bits per heavy atom. The highest BCUT2D eigenvalue weighted by Crippen LogP contribution is 2.36. The van der Waals surface area contributed by atoms with Gasteiger partial charge in [-0.25, -0.2) is 4.39 Å². The van der Waals surface area contributed by atoms with E-state index in [2.05, 4.69) is 15.9 Å². The fraction of sp³-hybridized carbons (Fsp3) is 0.400. The molecule has 1 aromatic rings. The van der Waals surface area contributed by atoms with Crippen molar-refractivity contribution in [2.75, 3.05) is 12.3 Å². The number of ether oxygens (including phenoxy) is 1. The van der Waals surface area contributed by atoms with Crippen LogP contribution in [0.2, 0.25) is 0 Å². The van der Waals surface area contributed by atoms with Crippen molar-refractivity contribution < 1.29 is 9.13 Å². The van der Waals surface area contributed by atoms with Crippen molar-refractivity contribution in [3.8, 4) is 0 Å². The molecule has 0 aromatic heterocycles. The maximum Gasteiger partial charge on any atom is 0.145 e. The van der Waals surface area contributed by atoms with Crippen molar-refractivity contribution in [2.45, 2.75) is 18.9 Å². The van der Waals surface area contributed by atoms with Crippen LogP contribution < -0.4 is 5.73 Å². The molecule has 1 fully saturated rings. The molecule has 0 amide bonds. The third-order valence-electron chi connectivity index (χ3n) is 2.42. The van der Waals surface area contributed by atoms with Crippen LogP contribution in [0.15, 0.2) is 16.6 Å². The van der Waals surface area contributed by atoms with Gasteiger partial charge in [0.25, 0.3) is 0 Å². The minimum Gasteiger partial charge on any atom is -0.398 e. The Labute approximate surface area is 90.4 Å². The maximum absolute atomic E-state index is 13.7. The van der Waals surface area contributed by atoms with Crippen molar-refractivity contribution in [1.82, 2.24) is 0 Å². The molecule has 0 bridgehead atoms. The molecule has 1 aliphatic heterocycles. The van der Waals surface area contributed by atoms with Gasteiger partial charge >= 0.3 is 0 Å². The Morgan fingerprint density at radius 2 is 2.29 bits per heavy atom. The number of benzene rings is 1. The first-order chi connectivity index (χ1) is 6.70. The van der Waals surface area contributed by atoms with Crippen LogP contribution in [0.4, 0.5) is 10.1 Å². The van der Waals surface area contributed by atoms with Gasteiger partial charge in [0.05, 0.1) is 10.6 Å². The minimum absolute atomic E-state index is 0.174. The van der Waals surface area contributed by atoms with Crippen LogP contribution in [0.25, 0.3) is 0 Å². The van der Waals surface area contributed by atoms with Gasteiger partial charge in [0.15, 0.2) is 0 Å². The first kappa shape index (κ1) is 9.93. The molecular weight excluding hydrogens is 249 g/mol. The lowest BCUT2D eigenvalue weighted by molar-refractivity contribution is 0.109. The standard InChI is InChI=1S/C10H11BrFNO/c11-6-3-4-7(13)9(10(6)12)8-2-1-5-14-8/h3-4,8H,1-2,5,13H2. The molecular formula is C10H11BrFNO. The quantitative estimate of drug-likeness (QED) is 0.788. The Kier molecular flexibility index (Phi) is 2.74. The van der Waals surface area contributed by atoms with Gasteiger partial charge in [-0.05, 0) is 40.9 Å². The summed E-state index contributed by atoms with van der Waals surface area (Å²) in [4.78, 5) is 0. The van der Waals surface area contributed by atoms with E-state index >= 15 is 0 Å². The molecule has 1 saturated heterocycles. The predicted octanol–water partition coefficient (Wildman–Crippen LogP) is 3.02. The molecule has 1 heterocycles. The molecule has 14 heavy (non-hydrogen) atoms. The highest BCUT2D eigenvalue weighted by atomic mass is 79.9. The number of hydrogen-bond donors (Lipinski definition) is 1. The molecule has 76 valence electrons. The average Bonchev–Trinajstić information content (AvgIpc) is 2.65. The smallest absolute Gasteiger partial charge is 0.145 e. The van der Waals surface area contributed by atoms with E-state index in [0.717, 1.165) is 12.8 Å². The minimum atomic E-state index is -0.295. The van der Waals surface area contributed by atoms with Gasteiger partial charge in [0.2, 0.25) is 0 Å². The zero-order valence-corrected chi connectivity index (χ0v) is 9.18. The van der Waals surface area contributed by atoms with Gasteiger partial charge in [-0.2, -0.15) is 0 Å². The molecule has 1 aliphatic rings. The summed E-state index contributed by atoms with van der Waals surface area (Å²) in [6, 6.07) is 3.31. The Hall–Kier alpha value is -0.610. The fourth-order valence-corrected chi connectivity index (χ4v) is 2.06. The molecule has 1 unspecified atom stereocenters. The van der Waals surface area contributed by atoms with Crippen LogP contribution >= 0.6 is 15.9 Å². The second-order valence-corrected chi connectivity index (χ2v) is 4.22. The Morgan fingerprint density at radius 1 is 1.50 bits per heavy atom. The summed E-state index contributed by atoms with van der Waals surface area (Å²) in [6.07, 6.45) is 1.64. The second-order valence-electron chi connectivity index (χ2n) is 3.37. The van der Waals surface area contributed by atoms with Crippen molar-refractivity contribution >= 4 is 21.6 Å². The lowest BCUT2D eigenvalue weighted by Gasteiger charge is -2.14. The summed E-state index contributed by atoms with van der Waals surface area (Å²) in [6.45, 7) is 0.691. The monoisotopic (exact) mass is 259 g/mol. The van der Waals surface area contributed by atoms with Crippen molar-refractivity contribution in [3.05, 3.63) is 28.0 Å². The number of halogens is 2. The summed E-state index contributed by atoms with van der Waals surface area (Å²) in [5, 5.41) is 0. The number of hydrogen-bond acceptors (Lipinski definition) is 2. The van der Waals surface area contributed by atoms with E-state index in [-0.39, 0.29) is 11.9 Å². The van der Waals surface area contributed by atoms with Gasteiger partial charge in [-0.3, -0.25) is 0 Å². The number of nitrogen functional groups attached to an aromatic ring is 1. The lowest BCUT2D eigenvalue weighted by atomic mass is 10.0. The van der Waals surface area contributed by atoms with E-state index < -0.39 is 0 Å². The molecule has 0 aliphatic carbocycles. The molecule has 2 nitrogen and oxygen atoms in total. The second kappa shape index (κ2) is 3.87. The zero-order chi connectivity index (χ0) is 10.1. The summed E-state index contributed by atoms with van der Waals surface area (Å²) in [7, 11) is 0. The summed E-state index contributed by atoms with van der Waals surface area (Å²) < 4.78 is 19.6. The van der Waals surface area contributed by atoms with E-state index in [1.807, 2.05) is 0 Å². The lowest BCUT2D eigenvalue weighted by Crippen LogP contribution is -2.05. The van der Waals surface area contributed by atoms with Crippen molar-refractivity contribution in [1.29, 1.82) is 0 Å². The average molecular weight is 260 g/mol. The highest BCUT2D eigenvalue weighted by Gasteiger charge is 2.24. The van der Waals surface area contributed by atoms with Gasteiger partial charge in [-0.15, -0.1) is 0 Å². The molecule has 2 rings (SSSR count). The number of rotatable bonds is 1. The van der Waals surface area contributed by atoms with E-state index in [9.17, 15) is 4.39 Å². The van der Waals surface area contributed by atoms with Gasteiger partial charge in [0.1, 0.15) is 5.82 Å². The van der Waals surface area contributed by atoms with Gasteiger partial charge in [-0.1, -0.05) is 0 Å². The molecule has 1 atom stereocenters. The third kappa shape index (κ3) is 1.64. The van der Waals surface area contributed by atoms with Gasteiger partial charge in [0, 0.05) is 17.9 Å². The van der Waals surface area contributed by atoms with Crippen LogP contribution in [0.5, 0.6) is 0 Å². The summed E-state index contributed by atoms with van der Waals surface area (Å²) in [5.74, 6) is -0.295. The Bertz CT molecular complexity index is 350. The molecule has 1 aromatic carbocycles. The first-order valence-corrected chi connectivity index (χ1v) is 5.34. The number of nitrogens with two attached hydrogens (primary N) is 1. The van der Waals surface area contributed by atoms with Crippen LogP contribution in [-0.2, 0) is 4.74 Å². The third-order valence-corrected chi connectivity index (χ3v) is 3.03. The van der Waals surface area contributed by atoms with E-state index in [1.54, 1.807) is 12.1 Å². The largest absolute Gasteiger partial charge is 0.398 e. The fourth-order valence-electron chi connectivity index (χ4n) is 1.71. The van der Waals surface area contributed by atoms with E-state index in [4.69, 9.17) is 10.5 Å². The predicted molar refractivity (Wildman–Crippen MR) is 56.4 cm³/mol. The van der Waals surface area contributed by atoms with E-state index in [0.29, 0.717) is 22.3 Å². The highest BCUT2D eigenvalue weighted by molar-refractivity contribution is 9.10. The van der Waals surface area contributed by atoms with Crippen LogP contribution in [-0.4, -0.2) is 6.61 Å². The molecule has 4 heteroatoms. The maximum atomic E-state index is 13.7. The van der Waals surface area contributed by atoms with Crippen LogP contribution in [0.1, 0.15) is 24.5 Å². The summed E-state index contributed by atoms with van der Waals surface area (Å²) in [5.41, 5.74) is 6.70. The van der Waals surface area contributed by atoms with Gasteiger partial charge < -0.3 is 10.5 Å². The topological polar surface area (TPSA) is 35.2 Å². The number of anilines is 1. The molecule has 0 spiro atoms.